The Labute approximate surface area is 133 Å². The molecule has 0 aromatic carbocycles. The van der Waals surface area contributed by atoms with Gasteiger partial charge in [0.25, 0.3) is 0 Å². The van der Waals surface area contributed by atoms with Crippen LogP contribution in [0.4, 0.5) is 0 Å². The van der Waals surface area contributed by atoms with Crippen molar-refractivity contribution >= 4 is 17.6 Å². The third kappa shape index (κ3) is 8.77. The summed E-state index contributed by atoms with van der Waals surface area (Å²) in [5.74, 6) is -0.711. The van der Waals surface area contributed by atoms with Gasteiger partial charge >= 0.3 is 0 Å². The second-order valence-electron chi connectivity index (χ2n) is 6.19. The van der Waals surface area contributed by atoms with Crippen LogP contribution in [0.5, 0.6) is 0 Å². The standard InChI is InChI=1S/C16H31N3O3/c1-4-5-13(20)7-6-12(8-9-17)16(22)19-14(15(18)21)10-11(2)3/h11-12,14H,4-10,17H2,1-3H3,(H2,18,21)(H,19,22)/t12-,14-/m0/s1. The first kappa shape index (κ1) is 20.6. The maximum atomic E-state index is 12.3. The summed E-state index contributed by atoms with van der Waals surface area (Å²) < 4.78 is 0. The first-order chi connectivity index (χ1) is 10.3. The van der Waals surface area contributed by atoms with Crippen molar-refractivity contribution in [2.45, 2.75) is 65.3 Å². The fourth-order valence-corrected chi connectivity index (χ4v) is 2.35. The number of amides is 2. The zero-order valence-electron chi connectivity index (χ0n) is 14.1. The van der Waals surface area contributed by atoms with Gasteiger partial charge in [-0.05, 0) is 38.1 Å². The molecule has 128 valence electrons. The van der Waals surface area contributed by atoms with E-state index in [2.05, 4.69) is 5.32 Å². The van der Waals surface area contributed by atoms with Crippen molar-refractivity contribution in [2.75, 3.05) is 6.54 Å². The molecule has 0 aliphatic carbocycles. The van der Waals surface area contributed by atoms with E-state index in [1.54, 1.807) is 0 Å². The second-order valence-corrected chi connectivity index (χ2v) is 6.19. The van der Waals surface area contributed by atoms with Gasteiger partial charge in [-0.1, -0.05) is 20.8 Å². The van der Waals surface area contributed by atoms with E-state index < -0.39 is 11.9 Å². The van der Waals surface area contributed by atoms with Crippen molar-refractivity contribution in [3.8, 4) is 0 Å². The lowest BCUT2D eigenvalue weighted by Gasteiger charge is -2.21. The molecule has 0 unspecified atom stereocenters. The number of hydrogen-bond acceptors (Lipinski definition) is 4. The lowest BCUT2D eigenvalue weighted by atomic mass is 9.95. The summed E-state index contributed by atoms with van der Waals surface area (Å²) in [6.07, 6.45) is 3.19. The molecular formula is C16H31N3O3. The SMILES string of the molecule is CCCC(=O)CC[C@@H](CCN)C(=O)N[C@@H](CC(C)C)C(N)=O. The first-order valence-corrected chi connectivity index (χ1v) is 8.13. The number of ketones is 1. The fourth-order valence-electron chi connectivity index (χ4n) is 2.35. The van der Waals surface area contributed by atoms with Crippen LogP contribution in [-0.2, 0) is 14.4 Å². The predicted molar refractivity (Wildman–Crippen MR) is 86.9 cm³/mol. The van der Waals surface area contributed by atoms with Crippen molar-refractivity contribution in [1.82, 2.24) is 5.32 Å². The van der Waals surface area contributed by atoms with Crippen molar-refractivity contribution in [1.29, 1.82) is 0 Å². The average Bonchev–Trinajstić information content (AvgIpc) is 2.42. The summed E-state index contributed by atoms with van der Waals surface area (Å²) in [4.78, 5) is 35.4. The van der Waals surface area contributed by atoms with Crippen LogP contribution < -0.4 is 16.8 Å². The van der Waals surface area contributed by atoms with E-state index in [0.717, 1.165) is 6.42 Å². The Balaban J connectivity index is 4.61. The molecule has 0 spiro atoms. The highest BCUT2D eigenvalue weighted by molar-refractivity contribution is 5.88. The smallest absolute Gasteiger partial charge is 0.240 e. The molecule has 6 heteroatoms. The zero-order valence-corrected chi connectivity index (χ0v) is 14.1. The Morgan fingerprint density at radius 1 is 1.09 bits per heavy atom. The van der Waals surface area contributed by atoms with Crippen LogP contribution in [0.25, 0.3) is 0 Å². The van der Waals surface area contributed by atoms with Crippen LogP contribution in [0, 0.1) is 11.8 Å². The van der Waals surface area contributed by atoms with Crippen LogP contribution in [0.3, 0.4) is 0 Å². The molecule has 2 atom stereocenters. The molecule has 0 bridgehead atoms. The third-order valence-electron chi connectivity index (χ3n) is 3.55. The molecular weight excluding hydrogens is 282 g/mol. The first-order valence-electron chi connectivity index (χ1n) is 8.13. The molecule has 0 saturated heterocycles. The minimum absolute atomic E-state index is 0.158. The van der Waals surface area contributed by atoms with Gasteiger partial charge < -0.3 is 16.8 Å². The quantitative estimate of drug-likeness (QED) is 0.500. The summed E-state index contributed by atoms with van der Waals surface area (Å²) in [5, 5.41) is 2.71. The second kappa shape index (κ2) is 11.2. The number of nitrogens with one attached hydrogen (secondary N) is 1. The summed E-state index contributed by atoms with van der Waals surface area (Å²) in [7, 11) is 0. The maximum Gasteiger partial charge on any atom is 0.240 e. The minimum Gasteiger partial charge on any atom is -0.368 e. The van der Waals surface area contributed by atoms with E-state index in [4.69, 9.17) is 11.5 Å². The van der Waals surface area contributed by atoms with E-state index in [1.807, 2.05) is 20.8 Å². The largest absolute Gasteiger partial charge is 0.368 e. The fraction of sp³-hybridized carbons (Fsp3) is 0.812. The molecule has 0 heterocycles. The zero-order chi connectivity index (χ0) is 17.1. The van der Waals surface area contributed by atoms with Crippen LogP contribution in [-0.4, -0.2) is 30.2 Å². The van der Waals surface area contributed by atoms with Gasteiger partial charge in [-0.3, -0.25) is 14.4 Å². The number of carbonyl (C=O) groups excluding carboxylic acids is 3. The Bertz CT molecular complexity index is 370. The summed E-state index contributed by atoms with van der Waals surface area (Å²) in [6, 6.07) is -0.667. The third-order valence-corrected chi connectivity index (χ3v) is 3.55. The van der Waals surface area contributed by atoms with Crippen LogP contribution in [0.15, 0.2) is 0 Å². The Hall–Kier alpha value is -1.43. The number of hydrogen-bond donors (Lipinski definition) is 3. The molecule has 0 aromatic rings. The molecule has 5 N–H and O–H groups in total. The van der Waals surface area contributed by atoms with Crippen molar-refractivity contribution in [3.05, 3.63) is 0 Å². The normalized spacial score (nSPS) is 13.7. The molecule has 0 fully saturated rings. The molecule has 0 rings (SSSR count). The van der Waals surface area contributed by atoms with Crippen LogP contribution in [0.1, 0.15) is 59.3 Å². The highest BCUT2D eigenvalue weighted by atomic mass is 16.2. The molecule has 2 amide bonds. The van der Waals surface area contributed by atoms with Gasteiger partial charge in [-0.2, -0.15) is 0 Å². The minimum atomic E-state index is -0.667. The van der Waals surface area contributed by atoms with E-state index >= 15 is 0 Å². The average molecular weight is 313 g/mol. The lowest BCUT2D eigenvalue weighted by Crippen LogP contribution is -2.47. The van der Waals surface area contributed by atoms with E-state index in [1.165, 1.54) is 0 Å². The van der Waals surface area contributed by atoms with E-state index in [0.29, 0.717) is 38.6 Å². The Morgan fingerprint density at radius 2 is 1.73 bits per heavy atom. The Kier molecular flexibility index (Phi) is 10.5. The molecule has 0 aliphatic heterocycles. The van der Waals surface area contributed by atoms with E-state index in [9.17, 15) is 14.4 Å². The van der Waals surface area contributed by atoms with Crippen molar-refractivity contribution < 1.29 is 14.4 Å². The van der Waals surface area contributed by atoms with Gasteiger partial charge in [0, 0.05) is 18.8 Å². The van der Waals surface area contributed by atoms with Crippen LogP contribution in [0.2, 0.25) is 0 Å². The van der Waals surface area contributed by atoms with E-state index in [-0.39, 0.29) is 23.5 Å². The highest BCUT2D eigenvalue weighted by Crippen LogP contribution is 2.14. The van der Waals surface area contributed by atoms with Gasteiger partial charge in [0.15, 0.2) is 0 Å². The van der Waals surface area contributed by atoms with Gasteiger partial charge in [0.2, 0.25) is 11.8 Å². The number of nitrogens with two attached hydrogens (primary N) is 2. The predicted octanol–water partition coefficient (Wildman–Crippen LogP) is 1.12. The Morgan fingerprint density at radius 3 is 2.18 bits per heavy atom. The maximum absolute atomic E-state index is 12.3. The summed E-state index contributed by atoms with van der Waals surface area (Å²) in [6.45, 7) is 6.24. The number of carbonyl (C=O) groups is 3. The monoisotopic (exact) mass is 313 g/mol. The van der Waals surface area contributed by atoms with Crippen molar-refractivity contribution in [3.63, 3.8) is 0 Å². The lowest BCUT2D eigenvalue weighted by molar-refractivity contribution is -0.130. The van der Waals surface area contributed by atoms with Gasteiger partial charge in [-0.25, -0.2) is 0 Å². The molecule has 6 nitrogen and oxygen atoms in total. The van der Waals surface area contributed by atoms with Gasteiger partial charge in [-0.15, -0.1) is 0 Å². The molecule has 0 aliphatic rings. The van der Waals surface area contributed by atoms with Crippen molar-refractivity contribution in [2.24, 2.45) is 23.3 Å². The molecule has 0 radical (unpaired) electrons. The number of primary amides is 1. The van der Waals surface area contributed by atoms with Crippen LogP contribution >= 0.6 is 0 Å². The van der Waals surface area contributed by atoms with Gasteiger partial charge in [0.1, 0.15) is 11.8 Å². The topological polar surface area (TPSA) is 115 Å². The number of rotatable bonds is 12. The highest BCUT2D eigenvalue weighted by Gasteiger charge is 2.24. The number of Topliss-reactive ketones (excluding diaryl/α,β-unsaturated/α-hetero) is 1. The molecule has 22 heavy (non-hydrogen) atoms. The summed E-state index contributed by atoms with van der Waals surface area (Å²) in [5.41, 5.74) is 10.9. The van der Waals surface area contributed by atoms with Gasteiger partial charge in [0.05, 0.1) is 0 Å². The molecule has 0 saturated carbocycles. The molecule has 0 aromatic heterocycles. The summed E-state index contributed by atoms with van der Waals surface area (Å²) >= 11 is 0.